The molecule has 0 aromatic heterocycles. The summed E-state index contributed by atoms with van der Waals surface area (Å²) >= 11 is 1.38. The molecule has 3 N–H and O–H groups in total. The van der Waals surface area contributed by atoms with Crippen LogP contribution in [0.25, 0.3) is 0 Å². The number of nitrogens with two attached hydrogens (primary N) is 1. The predicted molar refractivity (Wildman–Crippen MR) is 58.5 cm³/mol. The largest absolute Gasteiger partial charge is 0.370 e. The predicted octanol–water partition coefficient (Wildman–Crippen LogP) is 0.975. The summed E-state index contributed by atoms with van der Waals surface area (Å²) < 4.78 is 0. The Kier molecular flexibility index (Phi) is 2.64. The number of amides is 2. The molecule has 1 aliphatic heterocycles. The number of primary amides is 1. The van der Waals surface area contributed by atoms with E-state index in [2.05, 4.69) is 5.32 Å². The average Bonchev–Trinajstić information content (AvgIpc) is 2.18. The van der Waals surface area contributed by atoms with Crippen molar-refractivity contribution in [1.82, 2.24) is 0 Å². The third-order valence-electron chi connectivity index (χ3n) is 2.09. The van der Waals surface area contributed by atoms with Crippen LogP contribution in [-0.2, 0) is 9.59 Å². The summed E-state index contributed by atoms with van der Waals surface area (Å²) in [5.74, 6) is -0.612. The van der Waals surface area contributed by atoms with Gasteiger partial charge in [-0.25, -0.2) is 0 Å². The first-order chi connectivity index (χ1) is 7.16. The van der Waals surface area contributed by atoms with Crippen LogP contribution in [0.3, 0.4) is 0 Å². The third-order valence-corrected chi connectivity index (χ3v) is 3.37. The van der Waals surface area contributed by atoms with Crippen LogP contribution in [0.15, 0.2) is 29.2 Å². The number of para-hydroxylation sites is 1. The summed E-state index contributed by atoms with van der Waals surface area (Å²) in [5, 5.41) is 2.34. The second-order valence-corrected chi connectivity index (χ2v) is 4.51. The van der Waals surface area contributed by atoms with Gasteiger partial charge in [-0.05, 0) is 12.1 Å². The van der Waals surface area contributed by atoms with Crippen LogP contribution < -0.4 is 11.1 Å². The number of anilines is 1. The first-order valence-electron chi connectivity index (χ1n) is 4.51. The maximum absolute atomic E-state index is 11.6. The number of fused-ring (bicyclic) bond motifs is 1. The molecule has 4 nitrogen and oxygen atoms in total. The molecule has 1 atom stereocenters. The van der Waals surface area contributed by atoms with E-state index in [1.165, 1.54) is 11.8 Å². The average molecular weight is 222 g/mol. The van der Waals surface area contributed by atoms with Crippen LogP contribution in [0, 0.1) is 0 Å². The number of nitrogens with one attached hydrogen (secondary N) is 1. The van der Waals surface area contributed by atoms with Crippen LogP contribution in [0.2, 0.25) is 0 Å². The molecule has 1 aliphatic rings. The smallest absolute Gasteiger partial charge is 0.238 e. The number of carbonyl (C=O) groups is 2. The topological polar surface area (TPSA) is 72.2 Å². The number of carbonyl (C=O) groups excluding carboxylic acids is 2. The fourth-order valence-electron chi connectivity index (χ4n) is 1.41. The second-order valence-electron chi connectivity index (χ2n) is 3.26. The van der Waals surface area contributed by atoms with Crippen LogP contribution in [-0.4, -0.2) is 17.1 Å². The van der Waals surface area contributed by atoms with Crippen molar-refractivity contribution in [3.8, 4) is 0 Å². The van der Waals surface area contributed by atoms with Crippen molar-refractivity contribution >= 4 is 29.3 Å². The monoisotopic (exact) mass is 222 g/mol. The van der Waals surface area contributed by atoms with Crippen molar-refractivity contribution in [3.63, 3.8) is 0 Å². The Bertz CT molecular complexity index is 420. The Morgan fingerprint density at radius 3 is 2.93 bits per heavy atom. The van der Waals surface area contributed by atoms with E-state index in [-0.39, 0.29) is 12.3 Å². The van der Waals surface area contributed by atoms with Crippen LogP contribution in [0.5, 0.6) is 0 Å². The second kappa shape index (κ2) is 3.94. The Hall–Kier alpha value is -1.49. The van der Waals surface area contributed by atoms with Gasteiger partial charge < -0.3 is 11.1 Å². The van der Waals surface area contributed by atoms with E-state index >= 15 is 0 Å². The molecular formula is C10H10N2O2S. The Morgan fingerprint density at radius 1 is 1.47 bits per heavy atom. The normalized spacial score (nSPS) is 19.2. The van der Waals surface area contributed by atoms with E-state index in [0.717, 1.165) is 10.6 Å². The van der Waals surface area contributed by atoms with Gasteiger partial charge in [0.1, 0.15) is 0 Å². The summed E-state index contributed by atoms with van der Waals surface area (Å²) in [4.78, 5) is 23.3. The molecule has 2 rings (SSSR count). The highest BCUT2D eigenvalue weighted by molar-refractivity contribution is 8.01. The number of hydrogen-bond donors (Lipinski definition) is 2. The van der Waals surface area contributed by atoms with E-state index in [0.29, 0.717) is 0 Å². The van der Waals surface area contributed by atoms with Gasteiger partial charge in [-0.15, -0.1) is 11.8 Å². The van der Waals surface area contributed by atoms with Gasteiger partial charge in [-0.1, -0.05) is 12.1 Å². The van der Waals surface area contributed by atoms with E-state index in [1.807, 2.05) is 24.3 Å². The molecular weight excluding hydrogens is 212 g/mol. The van der Waals surface area contributed by atoms with Crippen molar-refractivity contribution in [1.29, 1.82) is 0 Å². The summed E-state index contributed by atoms with van der Waals surface area (Å²) in [6.45, 7) is 0. The molecule has 0 spiro atoms. The lowest BCUT2D eigenvalue weighted by Crippen LogP contribution is -2.32. The van der Waals surface area contributed by atoms with Crippen LogP contribution >= 0.6 is 11.8 Å². The Balaban J connectivity index is 2.22. The lowest BCUT2D eigenvalue weighted by atomic mass is 10.2. The molecule has 15 heavy (non-hydrogen) atoms. The molecule has 0 unspecified atom stereocenters. The fourth-order valence-corrected chi connectivity index (χ4v) is 2.53. The zero-order valence-electron chi connectivity index (χ0n) is 7.90. The third kappa shape index (κ3) is 2.12. The molecule has 2 amide bonds. The molecule has 1 aromatic carbocycles. The van der Waals surface area contributed by atoms with Crippen molar-refractivity contribution in [3.05, 3.63) is 24.3 Å². The molecule has 0 saturated heterocycles. The molecule has 5 heteroatoms. The number of benzene rings is 1. The zero-order chi connectivity index (χ0) is 10.8. The molecule has 0 fully saturated rings. The molecule has 78 valence electrons. The molecule has 1 heterocycles. The van der Waals surface area contributed by atoms with Gasteiger partial charge in [-0.3, -0.25) is 9.59 Å². The van der Waals surface area contributed by atoms with E-state index in [9.17, 15) is 9.59 Å². The zero-order valence-corrected chi connectivity index (χ0v) is 8.71. The highest BCUT2D eigenvalue weighted by Crippen LogP contribution is 2.36. The highest BCUT2D eigenvalue weighted by Gasteiger charge is 2.27. The number of hydrogen-bond acceptors (Lipinski definition) is 3. The minimum atomic E-state index is -0.456. The summed E-state index contributed by atoms with van der Waals surface area (Å²) in [6, 6.07) is 7.49. The van der Waals surface area contributed by atoms with Gasteiger partial charge in [0.15, 0.2) is 0 Å². The molecule has 0 bridgehead atoms. The van der Waals surface area contributed by atoms with Crippen molar-refractivity contribution < 1.29 is 9.59 Å². The number of thioether (sulfide) groups is 1. The first-order valence-corrected chi connectivity index (χ1v) is 5.39. The summed E-state index contributed by atoms with van der Waals surface area (Å²) in [6.07, 6.45) is 0.0742. The Morgan fingerprint density at radius 2 is 2.20 bits per heavy atom. The van der Waals surface area contributed by atoms with Gasteiger partial charge in [0.2, 0.25) is 11.8 Å². The van der Waals surface area contributed by atoms with Gasteiger partial charge in [0.25, 0.3) is 0 Å². The molecule has 0 aliphatic carbocycles. The highest BCUT2D eigenvalue weighted by atomic mass is 32.2. The van der Waals surface area contributed by atoms with E-state index in [4.69, 9.17) is 5.73 Å². The summed E-state index contributed by atoms with van der Waals surface area (Å²) in [7, 11) is 0. The first kappa shape index (κ1) is 10.0. The van der Waals surface area contributed by atoms with E-state index < -0.39 is 11.2 Å². The quantitative estimate of drug-likeness (QED) is 0.783. The van der Waals surface area contributed by atoms with E-state index in [1.54, 1.807) is 0 Å². The maximum Gasteiger partial charge on any atom is 0.238 e. The SMILES string of the molecule is NC(=O)C[C@@H]1Sc2ccccc2NC1=O. The van der Waals surface area contributed by atoms with Crippen molar-refractivity contribution in [2.75, 3.05) is 5.32 Å². The lowest BCUT2D eigenvalue weighted by molar-refractivity contribution is -0.121. The molecule has 0 saturated carbocycles. The van der Waals surface area contributed by atoms with Gasteiger partial charge >= 0.3 is 0 Å². The van der Waals surface area contributed by atoms with Crippen LogP contribution in [0.4, 0.5) is 5.69 Å². The minimum absolute atomic E-state index is 0.0742. The van der Waals surface area contributed by atoms with Crippen LogP contribution in [0.1, 0.15) is 6.42 Å². The standard InChI is InChI=1S/C10H10N2O2S/c11-9(13)5-8-10(14)12-6-3-1-2-4-7(6)15-8/h1-4,8H,5H2,(H2,11,13)(H,12,14)/t8-/m0/s1. The van der Waals surface area contributed by atoms with Crippen molar-refractivity contribution in [2.24, 2.45) is 5.73 Å². The van der Waals surface area contributed by atoms with Gasteiger partial charge in [0, 0.05) is 11.3 Å². The number of rotatable bonds is 2. The lowest BCUT2D eigenvalue weighted by Gasteiger charge is -2.22. The Labute approximate surface area is 91.2 Å². The minimum Gasteiger partial charge on any atom is -0.370 e. The molecule has 1 aromatic rings. The maximum atomic E-state index is 11.6. The molecule has 0 radical (unpaired) electrons. The van der Waals surface area contributed by atoms with Gasteiger partial charge in [-0.2, -0.15) is 0 Å². The van der Waals surface area contributed by atoms with Gasteiger partial charge in [0.05, 0.1) is 10.9 Å². The summed E-state index contributed by atoms with van der Waals surface area (Å²) in [5.41, 5.74) is 5.87. The fraction of sp³-hybridized carbons (Fsp3) is 0.200. The van der Waals surface area contributed by atoms with Crippen molar-refractivity contribution in [2.45, 2.75) is 16.6 Å².